The first kappa shape index (κ1) is 34.0. The number of hydrogen-bond donors (Lipinski definition) is 0. The van der Waals surface area contributed by atoms with Crippen molar-refractivity contribution in [1.29, 1.82) is 0 Å². The van der Waals surface area contributed by atoms with Crippen LogP contribution < -0.4 is 9.47 Å². The molecule has 0 saturated heterocycles. The average Bonchev–Trinajstić information content (AvgIpc) is 3.53. The molecular weight excluding hydrogens is 516 g/mol. The lowest BCUT2D eigenvalue weighted by Gasteiger charge is -1.99. The summed E-state index contributed by atoms with van der Waals surface area (Å²) in [5.41, 5.74) is 16.0. The average molecular weight is 543 g/mol. The van der Waals surface area contributed by atoms with Crippen molar-refractivity contribution in [3.63, 3.8) is 0 Å². The Hall–Kier alpha value is -4.17. The van der Waals surface area contributed by atoms with Gasteiger partial charge in [-0.3, -0.25) is 9.59 Å². The van der Waals surface area contributed by atoms with E-state index in [4.69, 9.17) is 25.3 Å². The number of methoxy groups -OCH3 is 2. The van der Waals surface area contributed by atoms with E-state index < -0.39 is 11.9 Å². The Bertz CT molecular complexity index is 1070. The zero-order valence-electron chi connectivity index (χ0n) is 19.2. The van der Waals surface area contributed by atoms with Gasteiger partial charge < -0.3 is 18.9 Å². The summed E-state index contributed by atoms with van der Waals surface area (Å²) in [4.78, 5) is 45.6. The van der Waals surface area contributed by atoms with Crippen molar-refractivity contribution in [2.24, 2.45) is 10.2 Å². The topological polar surface area (TPSA) is 211 Å². The Morgan fingerprint density at radius 2 is 1.56 bits per heavy atom. The number of carbonyl (C=O) groups is 3. The summed E-state index contributed by atoms with van der Waals surface area (Å²) in [5, 5.41) is 7.26. The van der Waals surface area contributed by atoms with Crippen LogP contribution in [0.1, 0.15) is 35.8 Å². The molecule has 17 heteroatoms. The molecule has 0 unspecified atom stereocenters. The zero-order valence-corrected chi connectivity index (χ0v) is 20.8. The molecule has 2 heterocycles. The summed E-state index contributed by atoms with van der Waals surface area (Å²) < 4.78 is 18.8. The standard InChI is InChI=1S/C9H10N4O3S.C5H5NO2S.C4H7N3O2.CH4/c1-3-16-8(14)7(12-13-10)4-6-5-11-9(15-2)17-6;1-8-5-6-2-4(3-7)9-5;1-2-9-4(8)3-6-7-5;/h4-5H,3H2,1-2H3;2-3H,1H3;2-3H2,1H3;1H4/b7-4-;;;. The van der Waals surface area contributed by atoms with Gasteiger partial charge in [-0.15, -0.1) is 0 Å². The van der Waals surface area contributed by atoms with Crippen LogP contribution in [-0.2, 0) is 19.1 Å². The highest BCUT2D eigenvalue weighted by Gasteiger charge is 2.10. The maximum absolute atomic E-state index is 11.4. The van der Waals surface area contributed by atoms with Gasteiger partial charge in [-0.2, -0.15) is 0 Å². The molecule has 0 spiro atoms. The van der Waals surface area contributed by atoms with Crippen molar-refractivity contribution in [2.45, 2.75) is 21.3 Å². The maximum atomic E-state index is 11.4. The number of thiazole rings is 2. The second kappa shape index (κ2) is 21.4. The second-order valence-electron chi connectivity index (χ2n) is 5.22. The molecule has 15 nitrogen and oxygen atoms in total. The SMILES string of the molecule is C.CCOC(=O)/C(=C/c1cnc(OC)s1)N=[N+]=[N-].CCOC(=O)CN=[N+]=[N-].COc1ncc(C=O)s1. The molecule has 0 aliphatic rings. The van der Waals surface area contributed by atoms with Crippen molar-refractivity contribution in [1.82, 2.24) is 9.97 Å². The van der Waals surface area contributed by atoms with Crippen molar-refractivity contribution < 1.29 is 33.3 Å². The maximum Gasteiger partial charge on any atom is 0.340 e. The predicted molar refractivity (Wildman–Crippen MR) is 134 cm³/mol. The highest BCUT2D eigenvalue weighted by atomic mass is 32.1. The third kappa shape index (κ3) is 14.9. The summed E-state index contributed by atoms with van der Waals surface area (Å²) in [6.45, 7) is 3.67. The van der Waals surface area contributed by atoms with E-state index >= 15 is 0 Å². The molecule has 2 rings (SSSR count). The fourth-order valence-electron chi connectivity index (χ4n) is 1.66. The summed E-state index contributed by atoms with van der Waals surface area (Å²) in [6.07, 6.45) is 5.14. The van der Waals surface area contributed by atoms with Crippen LogP contribution in [-0.4, -0.2) is 62.2 Å². The predicted octanol–water partition coefficient (Wildman–Crippen LogP) is 4.83. The van der Waals surface area contributed by atoms with Gasteiger partial charge in [0, 0.05) is 16.0 Å². The molecule has 0 radical (unpaired) electrons. The highest BCUT2D eigenvalue weighted by Crippen LogP contribution is 2.23. The minimum Gasteiger partial charge on any atom is -0.473 e. The van der Waals surface area contributed by atoms with Crippen LogP contribution >= 0.6 is 22.7 Å². The number of azide groups is 2. The summed E-state index contributed by atoms with van der Waals surface area (Å²) >= 11 is 2.45. The Balaban J connectivity index is 0. The van der Waals surface area contributed by atoms with Gasteiger partial charge in [0.05, 0.1) is 43.4 Å². The zero-order chi connectivity index (χ0) is 26.5. The number of hydrogen-bond acceptors (Lipinski definition) is 13. The quantitative estimate of drug-likeness (QED) is 0.100. The second-order valence-corrected chi connectivity index (χ2v) is 7.27. The van der Waals surface area contributed by atoms with Gasteiger partial charge in [0.2, 0.25) is 0 Å². The lowest BCUT2D eigenvalue weighted by Crippen LogP contribution is -2.06. The van der Waals surface area contributed by atoms with E-state index in [1.807, 2.05) is 0 Å². The van der Waals surface area contributed by atoms with Crippen molar-refractivity contribution in [2.75, 3.05) is 34.0 Å². The molecule has 0 aliphatic carbocycles. The van der Waals surface area contributed by atoms with Gasteiger partial charge in [-0.25, -0.2) is 14.8 Å². The Labute approximate surface area is 214 Å². The smallest absolute Gasteiger partial charge is 0.340 e. The van der Waals surface area contributed by atoms with Crippen LogP contribution in [0.2, 0.25) is 0 Å². The van der Waals surface area contributed by atoms with E-state index in [1.54, 1.807) is 13.8 Å². The monoisotopic (exact) mass is 542 g/mol. The largest absolute Gasteiger partial charge is 0.473 e. The first-order chi connectivity index (χ1) is 16.9. The minimum atomic E-state index is -0.669. The molecule has 0 N–H and O–H groups in total. The first-order valence-electron chi connectivity index (χ1n) is 9.44. The molecule has 0 fully saturated rings. The molecule has 0 atom stereocenters. The summed E-state index contributed by atoms with van der Waals surface area (Å²) in [5.74, 6) is -1.16. The molecule has 2 aromatic rings. The number of rotatable bonds is 10. The van der Waals surface area contributed by atoms with E-state index in [-0.39, 0.29) is 26.3 Å². The van der Waals surface area contributed by atoms with E-state index in [0.29, 0.717) is 26.7 Å². The molecule has 0 aromatic carbocycles. The van der Waals surface area contributed by atoms with Crippen molar-refractivity contribution >= 4 is 47.0 Å². The van der Waals surface area contributed by atoms with Gasteiger partial charge in [0.15, 0.2) is 6.29 Å². The third-order valence-electron chi connectivity index (χ3n) is 2.95. The fraction of sp³-hybridized carbons (Fsp3) is 0.421. The van der Waals surface area contributed by atoms with Gasteiger partial charge >= 0.3 is 11.9 Å². The lowest BCUT2D eigenvalue weighted by atomic mass is 10.4. The number of nitrogens with zero attached hydrogens (tertiary/aromatic N) is 8. The third-order valence-corrected chi connectivity index (χ3v) is 4.74. The number of esters is 2. The number of aldehydes is 1. The molecule has 0 bridgehead atoms. The molecule has 0 amide bonds. The Morgan fingerprint density at radius 1 is 1.00 bits per heavy atom. The number of ether oxygens (including phenoxy) is 4. The summed E-state index contributed by atoms with van der Waals surface area (Å²) in [6, 6.07) is 0. The van der Waals surface area contributed by atoms with Gasteiger partial charge in [-0.1, -0.05) is 40.3 Å². The fourth-order valence-corrected chi connectivity index (χ4v) is 2.87. The van der Waals surface area contributed by atoms with Gasteiger partial charge in [0.1, 0.15) is 12.2 Å². The normalized spacial score (nSPS) is 9.17. The van der Waals surface area contributed by atoms with Crippen LogP contribution in [0.15, 0.2) is 28.3 Å². The molecule has 36 heavy (non-hydrogen) atoms. The van der Waals surface area contributed by atoms with Crippen LogP contribution in [0.25, 0.3) is 27.0 Å². The molecule has 0 saturated carbocycles. The van der Waals surface area contributed by atoms with E-state index in [0.717, 1.165) is 6.29 Å². The van der Waals surface area contributed by atoms with E-state index in [1.165, 1.54) is 55.4 Å². The van der Waals surface area contributed by atoms with Crippen LogP contribution in [0, 0.1) is 0 Å². The molecular formula is C19H26N8O7S2. The van der Waals surface area contributed by atoms with Crippen molar-refractivity contribution in [3.8, 4) is 10.4 Å². The molecule has 196 valence electrons. The van der Waals surface area contributed by atoms with Crippen LogP contribution in [0.5, 0.6) is 10.4 Å². The van der Waals surface area contributed by atoms with Crippen molar-refractivity contribution in [3.05, 3.63) is 48.7 Å². The highest BCUT2D eigenvalue weighted by molar-refractivity contribution is 7.15. The van der Waals surface area contributed by atoms with Crippen LogP contribution in [0.3, 0.4) is 0 Å². The minimum absolute atomic E-state index is 0. The van der Waals surface area contributed by atoms with Crippen LogP contribution in [0.4, 0.5) is 0 Å². The van der Waals surface area contributed by atoms with E-state index in [2.05, 4.69) is 34.8 Å². The van der Waals surface area contributed by atoms with Gasteiger partial charge in [-0.05, 0) is 31.0 Å². The van der Waals surface area contributed by atoms with E-state index in [9.17, 15) is 14.4 Å². The molecule has 2 aromatic heterocycles. The molecule has 0 aliphatic heterocycles. The first-order valence-corrected chi connectivity index (χ1v) is 11.1. The summed E-state index contributed by atoms with van der Waals surface area (Å²) in [7, 11) is 3.01. The number of aromatic nitrogens is 2. The Morgan fingerprint density at radius 3 is 1.97 bits per heavy atom. The number of carbonyl (C=O) groups excluding carboxylic acids is 3. The Kier molecular flexibility index (Phi) is 20.2. The lowest BCUT2D eigenvalue weighted by molar-refractivity contribution is -0.141. The van der Waals surface area contributed by atoms with Gasteiger partial charge in [0.25, 0.3) is 10.4 Å².